The van der Waals surface area contributed by atoms with Gasteiger partial charge < -0.3 is 5.32 Å². The van der Waals surface area contributed by atoms with Crippen LogP contribution in [0.3, 0.4) is 0 Å². The SMILES string of the molecule is Fc1cccc(CN2CCCC(CNC3CC3)C2)c1. The Morgan fingerprint density at radius 3 is 2.95 bits per heavy atom. The number of halogens is 1. The first-order chi connectivity index (χ1) is 9.29. The van der Waals surface area contributed by atoms with Crippen LogP contribution in [0.4, 0.5) is 4.39 Å². The van der Waals surface area contributed by atoms with E-state index >= 15 is 0 Å². The number of nitrogens with zero attached hydrogens (tertiary/aromatic N) is 1. The Morgan fingerprint density at radius 2 is 2.16 bits per heavy atom. The van der Waals surface area contributed by atoms with Crippen molar-refractivity contribution in [3.05, 3.63) is 35.6 Å². The zero-order valence-electron chi connectivity index (χ0n) is 11.4. The van der Waals surface area contributed by atoms with Gasteiger partial charge in [-0.3, -0.25) is 4.90 Å². The summed E-state index contributed by atoms with van der Waals surface area (Å²) in [6, 6.07) is 7.81. The zero-order valence-corrected chi connectivity index (χ0v) is 11.4. The summed E-state index contributed by atoms with van der Waals surface area (Å²) in [4.78, 5) is 2.47. The highest BCUT2D eigenvalue weighted by Crippen LogP contribution is 2.22. The van der Waals surface area contributed by atoms with Crippen LogP contribution in [0.25, 0.3) is 0 Å². The average Bonchev–Trinajstić information content (AvgIpc) is 3.21. The Hall–Kier alpha value is -0.930. The molecule has 2 aliphatic rings. The van der Waals surface area contributed by atoms with Crippen LogP contribution in [0.1, 0.15) is 31.2 Å². The second kappa shape index (κ2) is 6.02. The first kappa shape index (κ1) is 13.1. The lowest BCUT2D eigenvalue weighted by Gasteiger charge is -2.33. The van der Waals surface area contributed by atoms with Gasteiger partial charge in [0.15, 0.2) is 0 Å². The molecule has 104 valence electrons. The Labute approximate surface area is 115 Å². The quantitative estimate of drug-likeness (QED) is 0.878. The fraction of sp³-hybridized carbons (Fsp3) is 0.625. The molecule has 1 saturated heterocycles. The molecule has 3 rings (SSSR count). The van der Waals surface area contributed by atoms with E-state index in [1.807, 2.05) is 6.07 Å². The molecule has 1 saturated carbocycles. The van der Waals surface area contributed by atoms with Gasteiger partial charge in [-0.05, 0) is 62.4 Å². The summed E-state index contributed by atoms with van der Waals surface area (Å²) >= 11 is 0. The van der Waals surface area contributed by atoms with Gasteiger partial charge in [-0.25, -0.2) is 4.39 Å². The van der Waals surface area contributed by atoms with Gasteiger partial charge in [0, 0.05) is 19.1 Å². The summed E-state index contributed by atoms with van der Waals surface area (Å²) in [5.74, 6) is 0.643. The fourth-order valence-corrected chi connectivity index (χ4v) is 2.98. The standard InChI is InChI=1S/C16H23FN2/c17-15-5-1-3-13(9-15)11-19-8-2-4-14(12-19)10-18-16-6-7-16/h1,3,5,9,14,16,18H,2,4,6-8,10-12H2. The van der Waals surface area contributed by atoms with Crippen LogP contribution in [0, 0.1) is 11.7 Å². The molecular weight excluding hydrogens is 239 g/mol. The average molecular weight is 262 g/mol. The van der Waals surface area contributed by atoms with E-state index in [1.54, 1.807) is 12.1 Å². The van der Waals surface area contributed by atoms with Gasteiger partial charge in [-0.2, -0.15) is 0 Å². The highest BCUT2D eigenvalue weighted by molar-refractivity contribution is 5.16. The van der Waals surface area contributed by atoms with Crippen LogP contribution in [0.15, 0.2) is 24.3 Å². The van der Waals surface area contributed by atoms with Crippen molar-refractivity contribution < 1.29 is 4.39 Å². The molecule has 0 bridgehead atoms. The molecule has 1 heterocycles. The number of rotatable bonds is 5. The van der Waals surface area contributed by atoms with Gasteiger partial charge in [0.2, 0.25) is 0 Å². The molecule has 1 aliphatic heterocycles. The van der Waals surface area contributed by atoms with E-state index in [-0.39, 0.29) is 5.82 Å². The highest BCUT2D eigenvalue weighted by Gasteiger charge is 2.24. The number of likely N-dealkylation sites (tertiary alicyclic amines) is 1. The minimum Gasteiger partial charge on any atom is -0.314 e. The van der Waals surface area contributed by atoms with E-state index in [0.29, 0.717) is 0 Å². The Morgan fingerprint density at radius 1 is 1.26 bits per heavy atom. The smallest absolute Gasteiger partial charge is 0.123 e. The maximum absolute atomic E-state index is 13.2. The van der Waals surface area contributed by atoms with Gasteiger partial charge in [0.05, 0.1) is 0 Å². The van der Waals surface area contributed by atoms with Gasteiger partial charge in [-0.1, -0.05) is 12.1 Å². The van der Waals surface area contributed by atoms with Crippen molar-refractivity contribution in [2.45, 2.75) is 38.3 Å². The van der Waals surface area contributed by atoms with Gasteiger partial charge in [0.1, 0.15) is 5.82 Å². The number of nitrogens with one attached hydrogen (secondary N) is 1. The van der Waals surface area contributed by atoms with E-state index in [2.05, 4.69) is 10.2 Å². The third-order valence-corrected chi connectivity index (χ3v) is 4.17. The third-order valence-electron chi connectivity index (χ3n) is 4.17. The van der Waals surface area contributed by atoms with E-state index in [0.717, 1.165) is 43.7 Å². The van der Waals surface area contributed by atoms with Crippen LogP contribution in [0.2, 0.25) is 0 Å². The third kappa shape index (κ3) is 4.02. The maximum Gasteiger partial charge on any atom is 0.123 e. The maximum atomic E-state index is 13.2. The monoisotopic (exact) mass is 262 g/mol. The summed E-state index contributed by atoms with van der Waals surface area (Å²) in [5, 5.41) is 3.63. The van der Waals surface area contributed by atoms with E-state index in [1.165, 1.54) is 31.7 Å². The molecule has 1 unspecified atom stereocenters. The number of hydrogen-bond acceptors (Lipinski definition) is 2. The Kier molecular flexibility index (Phi) is 4.14. The lowest BCUT2D eigenvalue weighted by Crippen LogP contribution is -2.39. The predicted octanol–water partition coefficient (Wildman–Crippen LogP) is 2.79. The first-order valence-corrected chi connectivity index (χ1v) is 7.50. The topological polar surface area (TPSA) is 15.3 Å². The summed E-state index contributed by atoms with van der Waals surface area (Å²) in [7, 11) is 0. The van der Waals surface area contributed by atoms with Gasteiger partial charge in [0.25, 0.3) is 0 Å². The molecule has 3 heteroatoms. The molecule has 19 heavy (non-hydrogen) atoms. The van der Waals surface area contributed by atoms with Crippen molar-refractivity contribution in [2.24, 2.45) is 5.92 Å². The predicted molar refractivity (Wildman–Crippen MR) is 75.4 cm³/mol. The molecule has 0 aromatic heterocycles. The van der Waals surface area contributed by atoms with Crippen molar-refractivity contribution in [3.8, 4) is 0 Å². The van der Waals surface area contributed by atoms with Crippen molar-refractivity contribution >= 4 is 0 Å². The second-order valence-corrected chi connectivity index (χ2v) is 6.06. The van der Waals surface area contributed by atoms with E-state index in [4.69, 9.17) is 0 Å². The Bertz CT molecular complexity index is 417. The van der Waals surface area contributed by atoms with Gasteiger partial charge >= 0.3 is 0 Å². The lowest BCUT2D eigenvalue weighted by atomic mass is 9.97. The van der Waals surface area contributed by atoms with Crippen LogP contribution >= 0.6 is 0 Å². The minimum atomic E-state index is -0.124. The fourth-order valence-electron chi connectivity index (χ4n) is 2.98. The number of piperidine rings is 1. The number of benzene rings is 1. The van der Waals surface area contributed by atoms with E-state index < -0.39 is 0 Å². The van der Waals surface area contributed by atoms with E-state index in [9.17, 15) is 4.39 Å². The zero-order chi connectivity index (χ0) is 13.1. The van der Waals surface area contributed by atoms with Crippen molar-refractivity contribution in [2.75, 3.05) is 19.6 Å². The molecule has 0 amide bonds. The van der Waals surface area contributed by atoms with Crippen molar-refractivity contribution in [1.82, 2.24) is 10.2 Å². The molecule has 0 radical (unpaired) electrons. The van der Waals surface area contributed by atoms with Crippen LogP contribution in [-0.4, -0.2) is 30.6 Å². The summed E-state index contributed by atoms with van der Waals surface area (Å²) in [6.45, 7) is 4.34. The molecule has 1 aromatic carbocycles. The molecule has 2 fully saturated rings. The Balaban J connectivity index is 1.49. The molecule has 1 atom stereocenters. The largest absolute Gasteiger partial charge is 0.314 e. The molecule has 1 aliphatic carbocycles. The lowest BCUT2D eigenvalue weighted by molar-refractivity contribution is 0.165. The first-order valence-electron chi connectivity index (χ1n) is 7.50. The molecule has 0 spiro atoms. The molecule has 1 N–H and O–H groups in total. The van der Waals surface area contributed by atoms with Crippen LogP contribution in [-0.2, 0) is 6.54 Å². The normalized spacial score (nSPS) is 24.6. The molecule has 1 aromatic rings. The van der Waals surface area contributed by atoms with Crippen LogP contribution < -0.4 is 5.32 Å². The second-order valence-electron chi connectivity index (χ2n) is 6.06. The minimum absolute atomic E-state index is 0.124. The molecule has 2 nitrogen and oxygen atoms in total. The summed E-state index contributed by atoms with van der Waals surface area (Å²) < 4.78 is 13.2. The van der Waals surface area contributed by atoms with Crippen molar-refractivity contribution in [3.63, 3.8) is 0 Å². The molecular formula is C16H23FN2. The van der Waals surface area contributed by atoms with Crippen LogP contribution in [0.5, 0.6) is 0 Å². The van der Waals surface area contributed by atoms with Gasteiger partial charge in [-0.15, -0.1) is 0 Å². The summed E-state index contributed by atoms with van der Waals surface area (Å²) in [6.07, 6.45) is 5.32. The summed E-state index contributed by atoms with van der Waals surface area (Å²) in [5.41, 5.74) is 1.09. The van der Waals surface area contributed by atoms with Crippen molar-refractivity contribution in [1.29, 1.82) is 0 Å². The highest BCUT2D eigenvalue weighted by atomic mass is 19.1. The number of hydrogen-bond donors (Lipinski definition) is 1.